The average molecular weight is 417 g/mol. The Bertz CT molecular complexity index is 970. The van der Waals surface area contributed by atoms with Gasteiger partial charge in [-0.05, 0) is 51.8 Å². The van der Waals surface area contributed by atoms with Crippen LogP contribution in [0.25, 0.3) is 5.69 Å². The molecule has 0 bridgehead atoms. The summed E-state index contributed by atoms with van der Waals surface area (Å²) in [5, 5.41) is 6.97. The van der Waals surface area contributed by atoms with Crippen LogP contribution >= 0.6 is 15.9 Å². The Labute approximate surface area is 156 Å². The molecule has 26 heavy (non-hydrogen) atoms. The lowest BCUT2D eigenvalue weighted by Gasteiger charge is -2.09. The summed E-state index contributed by atoms with van der Waals surface area (Å²) < 4.78 is 15.0. The first-order chi connectivity index (χ1) is 12.4. The van der Waals surface area contributed by atoms with Gasteiger partial charge in [0.25, 0.3) is 5.91 Å². The van der Waals surface area contributed by atoms with Crippen LogP contribution in [0.2, 0.25) is 0 Å². The van der Waals surface area contributed by atoms with E-state index >= 15 is 0 Å². The van der Waals surface area contributed by atoms with Crippen molar-refractivity contribution < 1.29 is 14.0 Å². The fourth-order valence-electron chi connectivity index (χ4n) is 2.40. The molecule has 8 heteroatoms. The summed E-state index contributed by atoms with van der Waals surface area (Å²) in [6, 6.07) is 12.6. The lowest BCUT2D eigenvalue weighted by atomic mass is 10.1. The van der Waals surface area contributed by atoms with Crippen molar-refractivity contribution in [3.05, 3.63) is 76.3 Å². The summed E-state index contributed by atoms with van der Waals surface area (Å²) >= 11 is 3.31. The van der Waals surface area contributed by atoms with Gasteiger partial charge in [-0.25, -0.2) is 9.07 Å². The van der Waals surface area contributed by atoms with Gasteiger partial charge in [0.2, 0.25) is 5.91 Å². The highest BCUT2D eigenvalue weighted by atomic mass is 79.9. The Morgan fingerprint density at radius 2 is 1.85 bits per heavy atom. The van der Waals surface area contributed by atoms with Crippen LogP contribution in [0.4, 0.5) is 10.1 Å². The first-order valence-corrected chi connectivity index (χ1v) is 8.42. The molecule has 6 nitrogen and oxygen atoms in total. The number of carbonyl (C=O) groups excluding carboxylic acids is 2. The number of nitrogens with zero attached hydrogens (tertiary/aromatic N) is 2. The number of nitrogens with two attached hydrogens (primary N) is 1. The predicted molar refractivity (Wildman–Crippen MR) is 98.5 cm³/mol. The van der Waals surface area contributed by atoms with Crippen molar-refractivity contribution in [3.63, 3.8) is 0 Å². The fraction of sp³-hybridized carbons (Fsp3) is 0.0556. The van der Waals surface area contributed by atoms with Gasteiger partial charge in [-0.3, -0.25) is 9.59 Å². The van der Waals surface area contributed by atoms with Gasteiger partial charge >= 0.3 is 0 Å². The summed E-state index contributed by atoms with van der Waals surface area (Å²) in [6.07, 6.45) is 1.62. The van der Waals surface area contributed by atoms with Crippen LogP contribution in [0.1, 0.15) is 16.1 Å². The van der Waals surface area contributed by atoms with Crippen molar-refractivity contribution in [3.8, 4) is 5.69 Å². The molecule has 0 aliphatic rings. The van der Waals surface area contributed by atoms with E-state index in [2.05, 4.69) is 26.3 Å². The Balaban J connectivity index is 1.85. The largest absolute Gasteiger partial charge is 0.369 e. The molecule has 0 unspecified atom stereocenters. The third-order valence-corrected chi connectivity index (χ3v) is 4.19. The molecular formula is C18H14BrFN4O2. The number of nitrogens with one attached hydrogen (secondary N) is 1. The molecule has 2 amide bonds. The number of halogens is 2. The van der Waals surface area contributed by atoms with Crippen molar-refractivity contribution in [2.75, 3.05) is 5.32 Å². The molecule has 0 radical (unpaired) electrons. The molecular weight excluding hydrogens is 403 g/mol. The first-order valence-electron chi connectivity index (χ1n) is 7.62. The van der Waals surface area contributed by atoms with Crippen molar-refractivity contribution >= 4 is 33.4 Å². The minimum atomic E-state index is -0.492. The molecule has 0 aliphatic carbocycles. The van der Waals surface area contributed by atoms with E-state index in [1.54, 1.807) is 42.6 Å². The zero-order valence-corrected chi connectivity index (χ0v) is 15.0. The van der Waals surface area contributed by atoms with Crippen molar-refractivity contribution in [2.45, 2.75) is 6.42 Å². The quantitative estimate of drug-likeness (QED) is 0.669. The molecule has 1 heterocycles. The van der Waals surface area contributed by atoms with Gasteiger partial charge in [0.1, 0.15) is 5.82 Å². The highest BCUT2D eigenvalue weighted by Gasteiger charge is 2.17. The molecule has 3 aromatic rings. The van der Waals surface area contributed by atoms with E-state index < -0.39 is 11.8 Å². The van der Waals surface area contributed by atoms with E-state index in [0.29, 0.717) is 21.4 Å². The van der Waals surface area contributed by atoms with Crippen LogP contribution < -0.4 is 11.1 Å². The monoisotopic (exact) mass is 416 g/mol. The summed E-state index contributed by atoms with van der Waals surface area (Å²) in [5.74, 6) is -1.30. The second-order valence-electron chi connectivity index (χ2n) is 5.50. The predicted octanol–water partition coefficient (Wildman–Crippen LogP) is 3.05. The molecule has 2 aromatic carbocycles. The van der Waals surface area contributed by atoms with Crippen molar-refractivity contribution in [1.29, 1.82) is 0 Å². The van der Waals surface area contributed by atoms with Crippen molar-refractivity contribution in [1.82, 2.24) is 9.78 Å². The van der Waals surface area contributed by atoms with E-state index in [4.69, 9.17) is 5.73 Å². The number of anilines is 1. The fourth-order valence-corrected chi connectivity index (χ4v) is 2.85. The number of hydrogen-bond donors (Lipinski definition) is 2. The van der Waals surface area contributed by atoms with E-state index in [9.17, 15) is 14.0 Å². The molecule has 0 spiro atoms. The van der Waals surface area contributed by atoms with E-state index in [1.165, 1.54) is 16.8 Å². The smallest absolute Gasteiger partial charge is 0.277 e. The lowest BCUT2D eigenvalue weighted by molar-refractivity contribution is -0.117. The highest BCUT2D eigenvalue weighted by molar-refractivity contribution is 9.10. The third-order valence-electron chi connectivity index (χ3n) is 3.61. The molecule has 0 saturated heterocycles. The molecule has 3 N–H and O–H groups in total. The van der Waals surface area contributed by atoms with E-state index in [0.717, 1.165) is 0 Å². The summed E-state index contributed by atoms with van der Waals surface area (Å²) in [5.41, 5.74) is 7.10. The molecule has 1 aromatic heterocycles. The van der Waals surface area contributed by atoms with Gasteiger partial charge in [-0.1, -0.05) is 18.2 Å². The zero-order chi connectivity index (χ0) is 18.7. The number of carbonyl (C=O) groups is 2. The SMILES string of the molecule is NC(=O)Cc1ccccc1NC(=O)c1nn(-c2ccc(F)cc2)cc1Br. The maximum Gasteiger partial charge on any atom is 0.277 e. The van der Waals surface area contributed by atoms with Crippen LogP contribution in [0.15, 0.2) is 59.2 Å². The van der Waals surface area contributed by atoms with Crippen LogP contribution in [0, 0.1) is 5.82 Å². The van der Waals surface area contributed by atoms with Gasteiger partial charge in [0.15, 0.2) is 5.69 Å². The molecule has 0 aliphatic heterocycles. The number of aromatic nitrogens is 2. The first kappa shape index (κ1) is 17.8. The summed E-state index contributed by atoms with van der Waals surface area (Å²) in [4.78, 5) is 23.8. The number of rotatable bonds is 5. The molecule has 0 saturated carbocycles. The minimum absolute atomic E-state index is 0.0155. The normalized spacial score (nSPS) is 10.5. The third kappa shape index (κ3) is 3.97. The average Bonchev–Trinajstić information content (AvgIpc) is 2.99. The molecule has 0 fully saturated rings. The highest BCUT2D eigenvalue weighted by Crippen LogP contribution is 2.21. The second-order valence-corrected chi connectivity index (χ2v) is 6.36. The maximum atomic E-state index is 13.0. The summed E-state index contributed by atoms with van der Waals surface area (Å²) in [6.45, 7) is 0. The number of para-hydroxylation sites is 1. The topological polar surface area (TPSA) is 90.0 Å². The van der Waals surface area contributed by atoms with Gasteiger partial charge in [-0.2, -0.15) is 5.10 Å². The number of hydrogen-bond acceptors (Lipinski definition) is 3. The summed E-state index contributed by atoms with van der Waals surface area (Å²) in [7, 11) is 0. The number of primary amides is 1. The van der Waals surface area contributed by atoms with Gasteiger partial charge in [0, 0.05) is 11.9 Å². The van der Waals surface area contributed by atoms with Crippen LogP contribution in [-0.2, 0) is 11.2 Å². The second kappa shape index (κ2) is 7.49. The molecule has 132 valence electrons. The van der Waals surface area contributed by atoms with Gasteiger partial charge < -0.3 is 11.1 Å². The number of benzene rings is 2. The lowest BCUT2D eigenvalue weighted by Crippen LogP contribution is -2.18. The Kier molecular flexibility index (Phi) is 5.13. The van der Waals surface area contributed by atoms with E-state index in [-0.39, 0.29) is 17.9 Å². The van der Waals surface area contributed by atoms with Crippen LogP contribution in [-0.4, -0.2) is 21.6 Å². The molecule has 0 atom stereocenters. The van der Waals surface area contributed by atoms with Gasteiger partial charge in [0.05, 0.1) is 16.6 Å². The van der Waals surface area contributed by atoms with Crippen LogP contribution in [0.3, 0.4) is 0 Å². The van der Waals surface area contributed by atoms with E-state index in [1.807, 2.05) is 0 Å². The Morgan fingerprint density at radius 3 is 2.54 bits per heavy atom. The van der Waals surface area contributed by atoms with Crippen LogP contribution in [0.5, 0.6) is 0 Å². The van der Waals surface area contributed by atoms with Gasteiger partial charge in [-0.15, -0.1) is 0 Å². The Morgan fingerprint density at radius 1 is 1.15 bits per heavy atom. The van der Waals surface area contributed by atoms with Crippen molar-refractivity contribution in [2.24, 2.45) is 5.73 Å². The zero-order valence-electron chi connectivity index (χ0n) is 13.4. The standard InChI is InChI=1S/C18H14BrFN4O2/c19-14-10-24(13-7-5-12(20)6-8-13)23-17(14)18(26)22-15-4-2-1-3-11(15)9-16(21)25/h1-8,10H,9H2,(H2,21,25)(H,22,26). The maximum absolute atomic E-state index is 13.0. The molecule has 3 rings (SSSR count). The Hall–Kier alpha value is -3.00. The number of amides is 2. The minimum Gasteiger partial charge on any atom is -0.369 e.